The fourth-order valence-electron chi connectivity index (χ4n) is 1.40. The highest BCUT2D eigenvalue weighted by Crippen LogP contribution is 2.07. The molecule has 18 heavy (non-hydrogen) atoms. The molecule has 0 aliphatic rings. The van der Waals surface area contributed by atoms with Gasteiger partial charge in [0.2, 0.25) is 11.8 Å². The monoisotopic (exact) mass is 250 g/mol. The highest BCUT2D eigenvalue weighted by atomic mass is 16.4. The molecule has 0 atom stereocenters. The van der Waals surface area contributed by atoms with E-state index in [0.29, 0.717) is 5.56 Å². The van der Waals surface area contributed by atoms with Crippen LogP contribution in [0.1, 0.15) is 22.3 Å². The largest absolute Gasteiger partial charge is 0.481 e. The van der Waals surface area contributed by atoms with Gasteiger partial charge >= 0.3 is 5.97 Å². The zero-order valence-electron chi connectivity index (χ0n) is 9.92. The van der Waals surface area contributed by atoms with Gasteiger partial charge in [-0.15, -0.1) is 0 Å². The summed E-state index contributed by atoms with van der Waals surface area (Å²) in [5, 5.41) is 8.50. The maximum atomic E-state index is 11.4. The second-order valence-corrected chi connectivity index (χ2v) is 3.88. The molecular formula is C12H14N2O4. The Morgan fingerprint density at radius 3 is 2.22 bits per heavy atom. The lowest BCUT2D eigenvalue weighted by Crippen LogP contribution is -2.28. The van der Waals surface area contributed by atoms with Gasteiger partial charge in [0.05, 0.1) is 0 Å². The number of hydrogen-bond donors (Lipinski definition) is 2. The quantitative estimate of drug-likeness (QED) is 0.730. The molecule has 3 N–H and O–H groups in total. The van der Waals surface area contributed by atoms with Crippen LogP contribution in [0.15, 0.2) is 24.3 Å². The summed E-state index contributed by atoms with van der Waals surface area (Å²) < 4.78 is 0. The molecule has 0 unspecified atom stereocenters. The van der Waals surface area contributed by atoms with Crippen molar-refractivity contribution in [1.82, 2.24) is 4.90 Å². The van der Waals surface area contributed by atoms with E-state index in [0.717, 1.165) is 5.56 Å². The Labute approximate surface area is 104 Å². The van der Waals surface area contributed by atoms with Gasteiger partial charge < -0.3 is 15.7 Å². The number of hydrogen-bond acceptors (Lipinski definition) is 3. The van der Waals surface area contributed by atoms with Crippen LogP contribution in [-0.4, -0.2) is 34.8 Å². The zero-order valence-corrected chi connectivity index (χ0v) is 9.92. The smallest absolute Gasteiger partial charge is 0.312 e. The summed E-state index contributed by atoms with van der Waals surface area (Å²) in [6, 6.07) is 6.47. The molecular weight excluding hydrogens is 236 g/mol. The van der Waals surface area contributed by atoms with E-state index in [1.807, 2.05) is 0 Å². The fraction of sp³-hybridized carbons (Fsp3) is 0.250. The molecule has 6 nitrogen and oxygen atoms in total. The molecule has 1 rings (SSSR count). The van der Waals surface area contributed by atoms with Crippen LogP contribution in [0.3, 0.4) is 0 Å². The van der Waals surface area contributed by atoms with Gasteiger partial charge in [-0.3, -0.25) is 14.4 Å². The van der Waals surface area contributed by atoms with Gasteiger partial charge in [-0.05, 0) is 17.7 Å². The first-order valence-electron chi connectivity index (χ1n) is 5.24. The lowest BCUT2D eigenvalue weighted by Gasteiger charge is -2.16. The molecule has 6 heteroatoms. The maximum Gasteiger partial charge on any atom is 0.312 e. The van der Waals surface area contributed by atoms with Crippen LogP contribution >= 0.6 is 0 Å². The maximum absolute atomic E-state index is 11.4. The molecule has 0 radical (unpaired) electrons. The number of carbonyl (C=O) groups excluding carboxylic acids is 2. The van der Waals surface area contributed by atoms with Crippen molar-refractivity contribution in [3.63, 3.8) is 0 Å². The van der Waals surface area contributed by atoms with Crippen LogP contribution in [0.5, 0.6) is 0 Å². The average Bonchev–Trinajstić information content (AvgIpc) is 2.28. The van der Waals surface area contributed by atoms with Gasteiger partial charge in [0, 0.05) is 19.2 Å². The van der Waals surface area contributed by atoms with Crippen molar-refractivity contribution < 1.29 is 19.5 Å². The summed E-state index contributed by atoms with van der Waals surface area (Å²) in [7, 11) is 1.52. The van der Waals surface area contributed by atoms with E-state index in [1.54, 1.807) is 24.3 Å². The summed E-state index contributed by atoms with van der Waals surface area (Å²) in [6.07, 6.45) is -0.532. The molecule has 0 heterocycles. The third-order valence-electron chi connectivity index (χ3n) is 2.39. The molecule has 0 bridgehead atoms. The van der Waals surface area contributed by atoms with Crippen LogP contribution < -0.4 is 5.73 Å². The molecule has 0 saturated carbocycles. The minimum atomic E-state index is -1.16. The standard InChI is InChI=1S/C12H14N2O4/c1-14(10(15)6-11(16)17)7-8-2-4-9(5-3-8)12(13)18/h2-5H,6-7H2,1H3,(H2,13,18)(H,16,17). The highest BCUT2D eigenvalue weighted by Gasteiger charge is 2.13. The number of nitrogens with two attached hydrogens (primary N) is 1. The molecule has 0 fully saturated rings. The van der Waals surface area contributed by atoms with E-state index in [1.165, 1.54) is 11.9 Å². The summed E-state index contributed by atoms with van der Waals surface area (Å²) in [5.74, 6) is -2.14. The summed E-state index contributed by atoms with van der Waals surface area (Å²) in [4.78, 5) is 34.0. The van der Waals surface area contributed by atoms with Crippen molar-refractivity contribution in [2.45, 2.75) is 13.0 Å². The molecule has 0 aliphatic carbocycles. The van der Waals surface area contributed by atoms with Crippen LogP contribution in [0.2, 0.25) is 0 Å². The van der Waals surface area contributed by atoms with Crippen LogP contribution in [0, 0.1) is 0 Å². The Morgan fingerprint density at radius 2 is 1.78 bits per heavy atom. The Balaban J connectivity index is 2.64. The minimum Gasteiger partial charge on any atom is -0.481 e. The molecule has 2 amide bonds. The molecule has 0 spiro atoms. The number of nitrogens with zero attached hydrogens (tertiary/aromatic N) is 1. The highest BCUT2D eigenvalue weighted by molar-refractivity contribution is 5.93. The van der Waals surface area contributed by atoms with Crippen LogP contribution in [0.4, 0.5) is 0 Å². The molecule has 1 aromatic rings. The zero-order chi connectivity index (χ0) is 13.7. The first-order chi connectivity index (χ1) is 8.40. The molecule has 1 aromatic carbocycles. The fourth-order valence-corrected chi connectivity index (χ4v) is 1.40. The Bertz CT molecular complexity index is 467. The van der Waals surface area contributed by atoms with Gasteiger partial charge in [0.15, 0.2) is 0 Å². The molecule has 0 aromatic heterocycles. The van der Waals surface area contributed by atoms with Crippen LogP contribution in [-0.2, 0) is 16.1 Å². The van der Waals surface area contributed by atoms with Crippen molar-refractivity contribution in [2.24, 2.45) is 5.73 Å². The van der Waals surface area contributed by atoms with Crippen molar-refractivity contribution in [3.05, 3.63) is 35.4 Å². The Morgan fingerprint density at radius 1 is 1.22 bits per heavy atom. The minimum absolute atomic E-state index is 0.283. The van der Waals surface area contributed by atoms with E-state index >= 15 is 0 Å². The summed E-state index contributed by atoms with van der Waals surface area (Å²) >= 11 is 0. The first kappa shape index (κ1) is 13.7. The number of primary amides is 1. The number of carboxylic acid groups (broad SMARTS) is 1. The van der Waals surface area contributed by atoms with Gasteiger partial charge in [-0.25, -0.2) is 0 Å². The van der Waals surface area contributed by atoms with Gasteiger partial charge in [-0.1, -0.05) is 12.1 Å². The van der Waals surface area contributed by atoms with Crippen molar-refractivity contribution in [3.8, 4) is 0 Å². The molecule has 96 valence electrons. The van der Waals surface area contributed by atoms with E-state index in [-0.39, 0.29) is 6.54 Å². The van der Waals surface area contributed by atoms with Crippen molar-refractivity contribution in [2.75, 3.05) is 7.05 Å². The lowest BCUT2D eigenvalue weighted by molar-refractivity contribution is -0.143. The molecule has 0 saturated heterocycles. The average molecular weight is 250 g/mol. The third-order valence-corrected chi connectivity index (χ3v) is 2.39. The summed E-state index contributed by atoms with van der Waals surface area (Å²) in [6.45, 7) is 0.283. The summed E-state index contributed by atoms with van der Waals surface area (Å²) in [5.41, 5.74) is 6.28. The number of aliphatic carboxylic acids is 1. The van der Waals surface area contributed by atoms with Gasteiger partial charge in [0.1, 0.15) is 6.42 Å². The van der Waals surface area contributed by atoms with Crippen molar-refractivity contribution in [1.29, 1.82) is 0 Å². The number of amides is 2. The van der Waals surface area contributed by atoms with E-state index in [2.05, 4.69) is 0 Å². The topological polar surface area (TPSA) is 101 Å². The van der Waals surface area contributed by atoms with Crippen LogP contribution in [0.25, 0.3) is 0 Å². The predicted molar refractivity (Wildman–Crippen MR) is 63.7 cm³/mol. The third kappa shape index (κ3) is 3.89. The lowest BCUT2D eigenvalue weighted by atomic mass is 10.1. The van der Waals surface area contributed by atoms with E-state index in [4.69, 9.17) is 10.8 Å². The number of carboxylic acids is 1. The number of rotatable bonds is 5. The van der Waals surface area contributed by atoms with Gasteiger partial charge in [-0.2, -0.15) is 0 Å². The number of carbonyl (C=O) groups is 3. The SMILES string of the molecule is CN(Cc1ccc(C(N)=O)cc1)C(=O)CC(=O)O. The van der Waals surface area contributed by atoms with E-state index < -0.39 is 24.2 Å². The molecule has 0 aliphatic heterocycles. The normalized spacial score (nSPS) is 9.83. The second kappa shape index (κ2) is 5.81. The van der Waals surface area contributed by atoms with Crippen molar-refractivity contribution >= 4 is 17.8 Å². The Kier molecular flexibility index (Phi) is 4.42. The van der Waals surface area contributed by atoms with E-state index in [9.17, 15) is 14.4 Å². The predicted octanol–water partition coefficient (Wildman–Crippen LogP) is 0.219. The number of benzene rings is 1. The van der Waals surface area contributed by atoms with Gasteiger partial charge in [0.25, 0.3) is 0 Å². The Hall–Kier alpha value is -2.37. The second-order valence-electron chi connectivity index (χ2n) is 3.88. The first-order valence-corrected chi connectivity index (χ1v) is 5.24.